The van der Waals surface area contributed by atoms with Gasteiger partial charge in [0.25, 0.3) is 11.8 Å². The molecule has 7 heteroatoms. The van der Waals surface area contributed by atoms with Crippen LogP contribution in [-0.2, 0) is 17.9 Å². The predicted octanol–water partition coefficient (Wildman–Crippen LogP) is 2.99. The van der Waals surface area contributed by atoms with Gasteiger partial charge in [-0.1, -0.05) is 38.1 Å². The van der Waals surface area contributed by atoms with E-state index in [1.54, 1.807) is 24.3 Å². The molecule has 1 atom stereocenters. The summed E-state index contributed by atoms with van der Waals surface area (Å²) in [4.78, 5) is 44.5. The zero-order valence-corrected chi connectivity index (χ0v) is 17.3. The molecule has 0 spiro atoms. The van der Waals surface area contributed by atoms with Crippen molar-refractivity contribution in [3.63, 3.8) is 0 Å². The van der Waals surface area contributed by atoms with Crippen molar-refractivity contribution in [1.82, 2.24) is 19.8 Å². The van der Waals surface area contributed by atoms with Crippen molar-refractivity contribution in [2.45, 2.75) is 39.9 Å². The maximum atomic E-state index is 13.1. The molecule has 2 heterocycles. The minimum Gasteiger partial charge on any atom is -0.347 e. The maximum absolute atomic E-state index is 13.1. The molecule has 0 fully saturated rings. The van der Waals surface area contributed by atoms with Crippen molar-refractivity contribution in [3.05, 3.63) is 65.5 Å². The van der Waals surface area contributed by atoms with Crippen LogP contribution < -0.4 is 5.32 Å². The highest BCUT2D eigenvalue weighted by Crippen LogP contribution is 2.27. The Balaban J connectivity index is 1.57. The normalized spacial score (nSPS) is 14.5. The van der Waals surface area contributed by atoms with Crippen LogP contribution in [0, 0.1) is 5.92 Å². The number of imide groups is 1. The first-order chi connectivity index (χ1) is 14.4. The number of nitrogens with one attached hydrogen (secondary N) is 1. The lowest BCUT2D eigenvalue weighted by Gasteiger charge is -2.28. The molecule has 0 bridgehead atoms. The number of carbonyl (C=O) groups excluding carboxylic acids is 3. The predicted molar refractivity (Wildman–Crippen MR) is 113 cm³/mol. The van der Waals surface area contributed by atoms with Crippen LogP contribution in [0.15, 0.2) is 48.5 Å². The monoisotopic (exact) mass is 404 g/mol. The van der Waals surface area contributed by atoms with E-state index in [-0.39, 0.29) is 18.4 Å². The smallest absolute Gasteiger partial charge is 0.262 e. The van der Waals surface area contributed by atoms with Gasteiger partial charge < -0.3 is 9.88 Å². The highest BCUT2D eigenvalue weighted by molar-refractivity contribution is 6.22. The van der Waals surface area contributed by atoms with Gasteiger partial charge >= 0.3 is 0 Å². The number of fused-ring (bicyclic) bond motifs is 2. The summed E-state index contributed by atoms with van der Waals surface area (Å²) in [6, 6.07) is 13.6. The van der Waals surface area contributed by atoms with E-state index in [4.69, 9.17) is 0 Å². The van der Waals surface area contributed by atoms with Gasteiger partial charge in [0, 0.05) is 6.54 Å². The van der Waals surface area contributed by atoms with Crippen LogP contribution in [0.3, 0.4) is 0 Å². The Labute approximate surface area is 174 Å². The molecule has 4 rings (SSSR count). The molecular formula is C23H24N4O3. The maximum Gasteiger partial charge on any atom is 0.262 e. The van der Waals surface area contributed by atoms with Crippen LogP contribution >= 0.6 is 0 Å². The molecular weight excluding hydrogens is 380 g/mol. The van der Waals surface area contributed by atoms with Crippen LogP contribution in [0.5, 0.6) is 0 Å². The van der Waals surface area contributed by atoms with E-state index in [2.05, 4.69) is 10.3 Å². The first-order valence-electron chi connectivity index (χ1n) is 10.1. The van der Waals surface area contributed by atoms with Gasteiger partial charge in [0.05, 0.1) is 28.7 Å². The third kappa shape index (κ3) is 3.16. The van der Waals surface area contributed by atoms with Crippen LogP contribution in [0.4, 0.5) is 0 Å². The summed E-state index contributed by atoms with van der Waals surface area (Å²) >= 11 is 0. The number of benzene rings is 2. The molecule has 0 radical (unpaired) electrons. The van der Waals surface area contributed by atoms with Crippen LogP contribution in [-0.4, -0.2) is 38.2 Å². The molecule has 30 heavy (non-hydrogen) atoms. The standard InChI is InChI=1S/C23H24N4O3/c1-4-26-18-12-8-7-11-17(18)25-19(26)13-24-21(28)20(14(2)3)27-22(29)15-9-5-6-10-16(15)23(27)30/h5-12,14,20H,4,13H2,1-3H3,(H,24,28). The summed E-state index contributed by atoms with van der Waals surface area (Å²) in [5, 5.41) is 2.89. The van der Waals surface area contributed by atoms with Crippen LogP contribution in [0.2, 0.25) is 0 Å². The fraction of sp³-hybridized carbons (Fsp3) is 0.304. The van der Waals surface area contributed by atoms with E-state index in [1.165, 1.54) is 0 Å². The zero-order valence-electron chi connectivity index (χ0n) is 17.3. The summed E-state index contributed by atoms with van der Waals surface area (Å²) < 4.78 is 2.04. The van der Waals surface area contributed by atoms with E-state index < -0.39 is 17.9 Å². The second-order valence-electron chi connectivity index (χ2n) is 7.69. The van der Waals surface area contributed by atoms with E-state index in [1.807, 2.05) is 49.6 Å². The summed E-state index contributed by atoms with van der Waals surface area (Å²) in [6.07, 6.45) is 0. The number of imidazole rings is 1. The molecule has 1 N–H and O–H groups in total. The summed E-state index contributed by atoms with van der Waals surface area (Å²) in [7, 11) is 0. The molecule has 0 aliphatic carbocycles. The van der Waals surface area contributed by atoms with Gasteiger partial charge in [0.15, 0.2) is 0 Å². The Hall–Kier alpha value is -3.48. The molecule has 1 unspecified atom stereocenters. The second-order valence-corrected chi connectivity index (χ2v) is 7.69. The fourth-order valence-electron chi connectivity index (χ4n) is 4.06. The Morgan fingerprint density at radius 3 is 2.20 bits per heavy atom. The van der Waals surface area contributed by atoms with E-state index in [0.29, 0.717) is 11.1 Å². The number of hydrogen-bond acceptors (Lipinski definition) is 4. The van der Waals surface area contributed by atoms with Crippen molar-refractivity contribution in [1.29, 1.82) is 0 Å². The Morgan fingerprint density at radius 2 is 1.60 bits per heavy atom. The zero-order chi connectivity index (χ0) is 21.4. The molecule has 0 saturated carbocycles. The first kappa shape index (κ1) is 19.8. The van der Waals surface area contributed by atoms with Gasteiger partial charge in [0.2, 0.25) is 5.91 Å². The van der Waals surface area contributed by atoms with E-state index in [9.17, 15) is 14.4 Å². The minimum absolute atomic E-state index is 0.216. The molecule has 154 valence electrons. The number of rotatable bonds is 6. The third-order valence-corrected chi connectivity index (χ3v) is 5.47. The summed E-state index contributed by atoms with van der Waals surface area (Å²) in [5.41, 5.74) is 2.55. The average Bonchev–Trinajstić information content (AvgIpc) is 3.22. The number of nitrogens with zero attached hydrogens (tertiary/aromatic N) is 3. The van der Waals surface area contributed by atoms with Gasteiger partial charge in [-0.25, -0.2) is 4.98 Å². The van der Waals surface area contributed by atoms with E-state index in [0.717, 1.165) is 28.3 Å². The Morgan fingerprint density at radius 1 is 1.00 bits per heavy atom. The molecule has 7 nitrogen and oxygen atoms in total. The number of hydrogen-bond donors (Lipinski definition) is 1. The van der Waals surface area contributed by atoms with Gasteiger partial charge in [-0.2, -0.15) is 0 Å². The SMILES string of the molecule is CCn1c(CNC(=O)C(C(C)C)N2C(=O)c3ccccc3C2=O)nc2ccccc21. The van der Waals surface area contributed by atoms with Crippen molar-refractivity contribution >= 4 is 28.8 Å². The van der Waals surface area contributed by atoms with E-state index >= 15 is 0 Å². The van der Waals surface area contributed by atoms with Gasteiger partial charge in [-0.15, -0.1) is 0 Å². The van der Waals surface area contributed by atoms with Crippen molar-refractivity contribution in [3.8, 4) is 0 Å². The van der Waals surface area contributed by atoms with Crippen molar-refractivity contribution in [2.24, 2.45) is 5.92 Å². The highest BCUT2D eigenvalue weighted by Gasteiger charge is 2.43. The van der Waals surface area contributed by atoms with Gasteiger partial charge in [0.1, 0.15) is 11.9 Å². The average molecular weight is 404 g/mol. The lowest BCUT2D eigenvalue weighted by atomic mass is 10.0. The van der Waals surface area contributed by atoms with Crippen molar-refractivity contribution in [2.75, 3.05) is 0 Å². The fourth-order valence-corrected chi connectivity index (χ4v) is 4.06. The Bertz CT molecular complexity index is 1110. The summed E-state index contributed by atoms with van der Waals surface area (Å²) in [5.74, 6) is -0.723. The molecule has 3 amide bonds. The third-order valence-electron chi connectivity index (χ3n) is 5.47. The largest absolute Gasteiger partial charge is 0.347 e. The van der Waals surface area contributed by atoms with Crippen LogP contribution in [0.1, 0.15) is 47.3 Å². The number of carbonyl (C=O) groups is 3. The van der Waals surface area contributed by atoms with Crippen LogP contribution in [0.25, 0.3) is 11.0 Å². The molecule has 1 aromatic heterocycles. The highest BCUT2D eigenvalue weighted by atomic mass is 16.2. The summed E-state index contributed by atoms with van der Waals surface area (Å²) in [6.45, 7) is 6.62. The topological polar surface area (TPSA) is 84.3 Å². The lowest BCUT2D eigenvalue weighted by molar-refractivity contribution is -0.126. The second kappa shape index (κ2) is 7.74. The number of amides is 3. The van der Waals surface area contributed by atoms with Gasteiger partial charge in [-0.3, -0.25) is 19.3 Å². The quantitative estimate of drug-likeness (QED) is 0.640. The molecule has 1 aliphatic rings. The first-order valence-corrected chi connectivity index (χ1v) is 10.1. The molecule has 2 aromatic carbocycles. The van der Waals surface area contributed by atoms with Crippen molar-refractivity contribution < 1.29 is 14.4 Å². The minimum atomic E-state index is -0.892. The number of aryl methyl sites for hydroxylation is 1. The lowest BCUT2D eigenvalue weighted by Crippen LogP contribution is -2.52. The molecule has 3 aromatic rings. The number of aromatic nitrogens is 2. The molecule has 0 saturated heterocycles. The molecule has 1 aliphatic heterocycles. The number of para-hydroxylation sites is 2. The Kier molecular flexibility index (Phi) is 5.11. The van der Waals surface area contributed by atoms with Gasteiger partial charge in [-0.05, 0) is 37.1 Å².